The van der Waals surface area contributed by atoms with Crippen LogP contribution in [0.2, 0.25) is 0 Å². The fraction of sp³-hybridized carbons (Fsp3) is 0.0833. The summed E-state index contributed by atoms with van der Waals surface area (Å²) in [6, 6.07) is 16.7. The van der Waals surface area contributed by atoms with Gasteiger partial charge in [0.05, 0.1) is 22.6 Å². The predicted molar refractivity (Wildman–Crippen MR) is 122 cm³/mol. The lowest BCUT2D eigenvalue weighted by Crippen LogP contribution is -2.29. The third-order valence-corrected chi connectivity index (χ3v) is 5.26. The van der Waals surface area contributed by atoms with Gasteiger partial charge in [-0.25, -0.2) is 14.5 Å². The summed E-state index contributed by atoms with van der Waals surface area (Å²) >= 11 is 0. The number of aromatic nitrogens is 5. The first kappa shape index (κ1) is 19.3. The minimum atomic E-state index is -0.459. The number of hydrogen-bond donors (Lipinski definition) is 2. The maximum atomic E-state index is 13.2. The van der Waals surface area contributed by atoms with E-state index in [4.69, 9.17) is 17.1 Å². The van der Waals surface area contributed by atoms with Gasteiger partial charge in [0.2, 0.25) is 0 Å². The van der Waals surface area contributed by atoms with Crippen molar-refractivity contribution in [2.45, 2.75) is 13.0 Å². The number of nitrogens with one attached hydrogen (secondary N) is 1. The van der Waals surface area contributed by atoms with E-state index in [1.165, 1.54) is 4.52 Å². The van der Waals surface area contributed by atoms with Crippen molar-refractivity contribution in [3.63, 3.8) is 0 Å². The number of amides is 1. The maximum Gasteiger partial charge on any atom is 0.259 e. The Hall–Kier alpha value is -4.64. The van der Waals surface area contributed by atoms with E-state index in [1.807, 2.05) is 60.0 Å². The molecule has 0 aliphatic carbocycles. The molecule has 1 atom stereocenters. The molecule has 0 aliphatic rings. The van der Waals surface area contributed by atoms with Crippen LogP contribution in [0.1, 0.15) is 34.7 Å². The smallest absolute Gasteiger partial charge is 0.259 e. The number of carbonyl (C=O) groups is 1. The monoisotopic (exact) mass is 421 g/mol. The summed E-state index contributed by atoms with van der Waals surface area (Å²) in [6.45, 7) is 1.86. The van der Waals surface area contributed by atoms with Crippen molar-refractivity contribution >= 4 is 28.4 Å². The number of anilines is 1. The third kappa shape index (κ3) is 3.04. The number of nitrogen functional groups attached to an aromatic ring is 1. The summed E-state index contributed by atoms with van der Waals surface area (Å²) in [4.78, 5) is 22.2. The van der Waals surface area contributed by atoms with Gasteiger partial charge in [0.25, 0.3) is 5.91 Å². The fourth-order valence-corrected chi connectivity index (χ4v) is 3.84. The second-order valence-corrected chi connectivity index (χ2v) is 7.30. The zero-order valence-electron chi connectivity index (χ0n) is 17.2. The molecule has 156 valence electrons. The SMILES string of the molecule is C#Cc1cccc2nc(C(C)NC(=O)c3c(N)nn4cccnc34)n(-c3ccccc3)c12. The molecular formula is C24H19N7O. The molecule has 0 saturated heterocycles. The summed E-state index contributed by atoms with van der Waals surface area (Å²) in [6.07, 6.45) is 9.05. The normalized spacial score (nSPS) is 12.0. The first-order chi connectivity index (χ1) is 15.6. The van der Waals surface area contributed by atoms with Gasteiger partial charge < -0.3 is 11.1 Å². The van der Waals surface area contributed by atoms with Gasteiger partial charge in [-0.3, -0.25) is 9.36 Å². The minimum Gasteiger partial charge on any atom is -0.381 e. The second kappa shape index (κ2) is 7.56. The highest BCUT2D eigenvalue weighted by Crippen LogP contribution is 2.28. The lowest BCUT2D eigenvalue weighted by Gasteiger charge is -2.16. The summed E-state index contributed by atoms with van der Waals surface area (Å²) < 4.78 is 3.46. The summed E-state index contributed by atoms with van der Waals surface area (Å²) in [5, 5.41) is 7.16. The molecule has 0 fully saturated rings. The van der Waals surface area contributed by atoms with Crippen LogP contribution in [0.15, 0.2) is 67.0 Å². The number of hydrogen-bond acceptors (Lipinski definition) is 5. The number of para-hydroxylation sites is 2. The minimum absolute atomic E-state index is 0.111. The van der Waals surface area contributed by atoms with Gasteiger partial charge in [-0.2, -0.15) is 0 Å². The molecule has 0 bridgehead atoms. The Balaban J connectivity index is 1.61. The van der Waals surface area contributed by atoms with E-state index in [9.17, 15) is 4.79 Å². The summed E-state index contributed by atoms with van der Waals surface area (Å²) in [7, 11) is 0. The van der Waals surface area contributed by atoms with Crippen LogP contribution in [0.4, 0.5) is 5.82 Å². The number of nitrogens with two attached hydrogens (primary N) is 1. The topological polar surface area (TPSA) is 103 Å². The van der Waals surface area contributed by atoms with Gasteiger partial charge in [-0.15, -0.1) is 11.5 Å². The average molecular weight is 421 g/mol. The highest BCUT2D eigenvalue weighted by molar-refractivity contribution is 6.04. The van der Waals surface area contributed by atoms with Crippen LogP contribution in [0.25, 0.3) is 22.4 Å². The lowest BCUT2D eigenvalue weighted by molar-refractivity contribution is 0.0940. The Labute approximate surface area is 183 Å². The highest BCUT2D eigenvalue weighted by Gasteiger charge is 2.25. The third-order valence-electron chi connectivity index (χ3n) is 5.26. The van der Waals surface area contributed by atoms with Crippen molar-refractivity contribution in [2.75, 3.05) is 5.73 Å². The Kier molecular flexibility index (Phi) is 4.57. The number of carbonyl (C=O) groups excluding carboxylic acids is 1. The van der Waals surface area contributed by atoms with E-state index in [2.05, 4.69) is 21.3 Å². The fourth-order valence-electron chi connectivity index (χ4n) is 3.84. The molecule has 8 heteroatoms. The number of benzene rings is 2. The molecule has 0 saturated carbocycles. The largest absolute Gasteiger partial charge is 0.381 e. The summed E-state index contributed by atoms with van der Waals surface area (Å²) in [5.41, 5.74) is 9.81. The Morgan fingerprint density at radius 1 is 1.16 bits per heavy atom. The van der Waals surface area contributed by atoms with E-state index in [1.54, 1.807) is 18.5 Å². The van der Waals surface area contributed by atoms with Crippen LogP contribution < -0.4 is 11.1 Å². The van der Waals surface area contributed by atoms with Crippen LogP contribution >= 0.6 is 0 Å². The Bertz CT molecular complexity index is 1510. The Morgan fingerprint density at radius 3 is 2.75 bits per heavy atom. The lowest BCUT2D eigenvalue weighted by atomic mass is 10.2. The number of nitrogens with zero attached hydrogens (tertiary/aromatic N) is 5. The number of terminal acetylenes is 1. The molecular weight excluding hydrogens is 402 g/mol. The van der Waals surface area contributed by atoms with Crippen molar-refractivity contribution in [3.05, 3.63) is 83.9 Å². The molecule has 0 radical (unpaired) electrons. The quantitative estimate of drug-likeness (QED) is 0.434. The van der Waals surface area contributed by atoms with Gasteiger partial charge in [0.1, 0.15) is 11.4 Å². The number of fused-ring (bicyclic) bond motifs is 2. The Morgan fingerprint density at radius 2 is 1.97 bits per heavy atom. The van der Waals surface area contributed by atoms with Crippen LogP contribution in [0.5, 0.6) is 0 Å². The maximum absolute atomic E-state index is 13.2. The van der Waals surface area contributed by atoms with Gasteiger partial charge in [0, 0.05) is 18.1 Å². The molecule has 5 rings (SSSR count). The van der Waals surface area contributed by atoms with Crippen molar-refractivity contribution < 1.29 is 4.79 Å². The van der Waals surface area contributed by atoms with Crippen LogP contribution in [0.3, 0.4) is 0 Å². The number of rotatable bonds is 4. The average Bonchev–Trinajstić information content (AvgIpc) is 3.36. The molecule has 1 amide bonds. The van der Waals surface area contributed by atoms with E-state index in [0.717, 1.165) is 22.3 Å². The first-order valence-corrected chi connectivity index (χ1v) is 10.0. The van der Waals surface area contributed by atoms with E-state index < -0.39 is 6.04 Å². The standard InChI is InChI=1S/C24H19N7O/c1-3-16-9-7-12-18-20(16)31(17-10-5-4-6-11-17)22(28-18)15(2)27-24(32)19-21(25)29-30-14-8-13-26-23(19)30/h1,4-15H,2H3,(H2,25,29)(H,27,32). The zero-order valence-corrected chi connectivity index (χ0v) is 17.2. The molecule has 3 aromatic heterocycles. The van der Waals surface area contributed by atoms with E-state index in [-0.39, 0.29) is 17.3 Å². The first-order valence-electron chi connectivity index (χ1n) is 10.0. The molecule has 3 N–H and O–H groups in total. The van der Waals surface area contributed by atoms with Crippen LogP contribution in [-0.4, -0.2) is 30.1 Å². The summed E-state index contributed by atoms with van der Waals surface area (Å²) in [5.74, 6) is 3.11. The second-order valence-electron chi connectivity index (χ2n) is 7.30. The molecule has 1 unspecified atom stereocenters. The zero-order chi connectivity index (χ0) is 22.2. The predicted octanol–water partition coefficient (Wildman–Crippen LogP) is 3.12. The van der Waals surface area contributed by atoms with Crippen molar-refractivity contribution in [1.82, 2.24) is 29.5 Å². The van der Waals surface area contributed by atoms with Crippen molar-refractivity contribution in [2.24, 2.45) is 0 Å². The van der Waals surface area contributed by atoms with Gasteiger partial charge >= 0.3 is 0 Å². The van der Waals surface area contributed by atoms with E-state index >= 15 is 0 Å². The van der Waals surface area contributed by atoms with Crippen LogP contribution in [0, 0.1) is 12.3 Å². The van der Waals surface area contributed by atoms with Gasteiger partial charge in [0.15, 0.2) is 11.5 Å². The molecule has 3 heterocycles. The molecule has 0 spiro atoms. The molecule has 0 aliphatic heterocycles. The molecule has 8 nitrogen and oxygen atoms in total. The molecule has 2 aromatic carbocycles. The van der Waals surface area contributed by atoms with Crippen molar-refractivity contribution in [1.29, 1.82) is 0 Å². The number of imidazole rings is 1. The molecule has 5 aromatic rings. The van der Waals surface area contributed by atoms with Crippen LogP contribution in [-0.2, 0) is 0 Å². The highest BCUT2D eigenvalue weighted by atomic mass is 16.1. The van der Waals surface area contributed by atoms with E-state index in [0.29, 0.717) is 11.5 Å². The van der Waals surface area contributed by atoms with Crippen molar-refractivity contribution in [3.8, 4) is 18.0 Å². The molecule has 32 heavy (non-hydrogen) atoms. The van der Waals surface area contributed by atoms with Gasteiger partial charge in [-0.05, 0) is 37.3 Å². The van der Waals surface area contributed by atoms with Gasteiger partial charge in [-0.1, -0.05) is 30.2 Å².